The second-order valence-corrected chi connectivity index (χ2v) is 5.77. The highest BCUT2D eigenvalue weighted by atomic mass is 32.1. The smallest absolute Gasteiger partial charge is 0.181 e. The highest BCUT2D eigenvalue weighted by Crippen LogP contribution is 2.39. The van der Waals surface area contributed by atoms with Crippen LogP contribution in [0.3, 0.4) is 0 Å². The van der Waals surface area contributed by atoms with Crippen molar-refractivity contribution in [3.05, 3.63) is 34.8 Å². The van der Waals surface area contributed by atoms with Crippen molar-refractivity contribution in [1.29, 1.82) is 0 Å². The second kappa shape index (κ2) is 3.99. The van der Waals surface area contributed by atoms with Gasteiger partial charge in [0.2, 0.25) is 0 Å². The third-order valence-electron chi connectivity index (χ3n) is 3.49. The number of aryl methyl sites for hydroxylation is 2. The van der Waals surface area contributed by atoms with Gasteiger partial charge >= 0.3 is 0 Å². The molecule has 0 radical (unpaired) electrons. The van der Waals surface area contributed by atoms with Crippen molar-refractivity contribution in [1.82, 2.24) is 15.0 Å². The van der Waals surface area contributed by atoms with Crippen LogP contribution in [-0.4, -0.2) is 15.0 Å². The summed E-state index contributed by atoms with van der Waals surface area (Å²) >= 11 is 1.75. The van der Waals surface area contributed by atoms with Crippen LogP contribution in [-0.2, 0) is 12.8 Å². The van der Waals surface area contributed by atoms with Crippen molar-refractivity contribution < 1.29 is 0 Å². The van der Waals surface area contributed by atoms with Gasteiger partial charge in [0.05, 0.1) is 5.39 Å². The molecule has 4 nitrogen and oxygen atoms in total. The molecule has 0 unspecified atom stereocenters. The number of thiophene rings is 1. The Hall–Kier alpha value is -2.01. The third-order valence-corrected chi connectivity index (χ3v) is 4.67. The maximum atomic E-state index is 6.14. The lowest BCUT2D eigenvalue weighted by molar-refractivity contribution is 0.917. The van der Waals surface area contributed by atoms with Crippen LogP contribution in [0.2, 0.25) is 0 Å². The molecule has 5 heteroatoms. The van der Waals surface area contributed by atoms with Crippen molar-refractivity contribution in [3.63, 3.8) is 0 Å². The van der Waals surface area contributed by atoms with E-state index in [1.807, 2.05) is 18.2 Å². The van der Waals surface area contributed by atoms with Gasteiger partial charge in [-0.1, -0.05) is 6.07 Å². The van der Waals surface area contributed by atoms with Gasteiger partial charge in [-0.05, 0) is 37.0 Å². The van der Waals surface area contributed by atoms with E-state index in [9.17, 15) is 0 Å². The number of hydrogen-bond acceptors (Lipinski definition) is 5. The molecule has 0 amide bonds. The molecule has 0 atom stereocenters. The van der Waals surface area contributed by atoms with Gasteiger partial charge in [-0.2, -0.15) is 0 Å². The fourth-order valence-corrected chi connectivity index (χ4v) is 3.90. The molecule has 0 aromatic carbocycles. The highest BCUT2D eigenvalue weighted by Gasteiger charge is 2.21. The Morgan fingerprint density at radius 1 is 1.16 bits per heavy atom. The fourth-order valence-electron chi connectivity index (χ4n) is 2.63. The molecule has 3 aromatic heterocycles. The topological polar surface area (TPSA) is 64.7 Å². The zero-order valence-electron chi connectivity index (χ0n) is 10.3. The van der Waals surface area contributed by atoms with Gasteiger partial charge < -0.3 is 5.73 Å². The van der Waals surface area contributed by atoms with E-state index >= 15 is 0 Å². The molecule has 94 valence electrons. The molecule has 3 heterocycles. The first-order valence-electron chi connectivity index (χ1n) is 6.32. The van der Waals surface area contributed by atoms with Crippen molar-refractivity contribution in [3.8, 4) is 11.5 Å². The maximum Gasteiger partial charge on any atom is 0.181 e. The first-order chi connectivity index (χ1) is 9.33. The molecule has 4 rings (SSSR count). The number of aromatic nitrogens is 3. The summed E-state index contributed by atoms with van der Waals surface area (Å²) in [5, 5.41) is 1.07. The van der Waals surface area contributed by atoms with Crippen molar-refractivity contribution >= 4 is 27.4 Å². The van der Waals surface area contributed by atoms with Crippen LogP contribution in [0.4, 0.5) is 5.82 Å². The van der Waals surface area contributed by atoms with Gasteiger partial charge in [0.1, 0.15) is 16.3 Å². The van der Waals surface area contributed by atoms with E-state index in [2.05, 4.69) is 15.0 Å². The Kier molecular flexibility index (Phi) is 2.29. The molecule has 0 bridgehead atoms. The zero-order chi connectivity index (χ0) is 12.8. The van der Waals surface area contributed by atoms with Crippen LogP contribution < -0.4 is 5.73 Å². The number of rotatable bonds is 1. The molecule has 19 heavy (non-hydrogen) atoms. The molecular weight excluding hydrogens is 256 g/mol. The lowest BCUT2D eigenvalue weighted by Crippen LogP contribution is -1.98. The standard InChI is InChI=1S/C14H12N4S/c15-12-11-8-4-3-6-10(8)19-14(11)18-13(17-12)9-5-1-2-7-16-9/h1-2,5,7H,3-4,6H2,(H2,15,17,18). The largest absolute Gasteiger partial charge is 0.383 e. The summed E-state index contributed by atoms with van der Waals surface area (Å²) in [6.07, 6.45) is 5.21. The normalized spacial score (nSPS) is 13.9. The van der Waals surface area contributed by atoms with Crippen molar-refractivity contribution in [2.45, 2.75) is 19.3 Å². The van der Waals surface area contributed by atoms with E-state index in [0.717, 1.165) is 28.8 Å². The van der Waals surface area contributed by atoms with Crippen LogP contribution in [0.15, 0.2) is 24.4 Å². The molecule has 0 saturated carbocycles. The molecule has 0 spiro atoms. The van der Waals surface area contributed by atoms with E-state index < -0.39 is 0 Å². The van der Waals surface area contributed by atoms with E-state index in [1.54, 1.807) is 17.5 Å². The Labute approximate surface area is 114 Å². The van der Waals surface area contributed by atoms with Crippen LogP contribution >= 0.6 is 11.3 Å². The molecular formula is C14H12N4S. The number of pyridine rings is 1. The first-order valence-corrected chi connectivity index (χ1v) is 7.14. The Balaban J connectivity index is 1.97. The van der Waals surface area contributed by atoms with Crippen molar-refractivity contribution in [2.75, 3.05) is 5.73 Å². The van der Waals surface area contributed by atoms with Gasteiger partial charge in [0, 0.05) is 11.1 Å². The summed E-state index contributed by atoms with van der Waals surface area (Å²) in [5.41, 5.74) is 8.27. The molecule has 0 saturated heterocycles. The minimum atomic E-state index is 0.588. The van der Waals surface area contributed by atoms with E-state index in [-0.39, 0.29) is 0 Å². The summed E-state index contributed by atoms with van der Waals surface area (Å²) in [6.45, 7) is 0. The zero-order valence-corrected chi connectivity index (χ0v) is 11.1. The van der Waals surface area contributed by atoms with Crippen molar-refractivity contribution in [2.24, 2.45) is 0 Å². The molecule has 1 aliphatic rings. The Bertz CT molecular complexity index is 764. The molecule has 0 fully saturated rings. The predicted octanol–water partition coefficient (Wildman–Crippen LogP) is 2.82. The average Bonchev–Trinajstić information content (AvgIpc) is 2.99. The number of anilines is 1. The van der Waals surface area contributed by atoms with Crippen LogP contribution in [0.5, 0.6) is 0 Å². The maximum absolute atomic E-state index is 6.14. The van der Waals surface area contributed by atoms with E-state index in [1.165, 1.54) is 16.9 Å². The average molecular weight is 268 g/mol. The summed E-state index contributed by atoms with van der Waals surface area (Å²) < 4.78 is 0. The van der Waals surface area contributed by atoms with Gasteiger partial charge in [-0.3, -0.25) is 4.98 Å². The SMILES string of the molecule is Nc1nc(-c2ccccn2)nc2sc3c(c12)CCC3. The van der Waals surface area contributed by atoms with Gasteiger partial charge in [-0.15, -0.1) is 11.3 Å². The minimum Gasteiger partial charge on any atom is -0.383 e. The van der Waals surface area contributed by atoms with E-state index in [4.69, 9.17) is 5.73 Å². The number of nitrogen functional groups attached to an aromatic ring is 1. The van der Waals surface area contributed by atoms with Gasteiger partial charge in [-0.25, -0.2) is 9.97 Å². The summed E-state index contributed by atoms with van der Waals surface area (Å²) in [7, 11) is 0. The van der Waals surface area contributed by atoms with Crippen LogP contribution in [0, 0.1) is 0 Å². The van der Waals surface area contributed by atoms with E-state index in [0.29, 0.717) is 11.6 Å². The van der Waals surface area contributed by atoms with Gasteiger partial charge in [0.15, 0.2) is 5.82 Å². The molecule has 1 aliphatic carbocycles. The Morgan fingerprint density at radius 3 is 2.95 bits per heavy atom. The number of nitrogens with zero attached hydrogens (tertiary/aromatic N) is 3. The summed E-state index contributed by atoms with van der Waals surface area (Å²) in [5.74, 6) is 1.20. The summed E-state index contributed by atoms with van der Waals surface area (Å²) in [6, 6.07) is 5.72. The number of fused-ring (bicyclic) bond motifs is 3. The Morgan fingerprint density at radius 2 is 2.11 bits per heavy atom. The number of hydrogen-bond donors (Lipinski definition) is 1. The molecule has 0 aliphatic heterocycles. The molecule has 3 aromatic rings. The highest BCUT2D eigenvalue weighted by molar-refractivity contribution is 7.19. The lowest BCUT2D eigenvalue weighted by atomic mass is 10.2. The predicted molar refractivity (Wildman–Crippen MR) is 77.1 cm³/mol. The number of nitrogens with two attached hydrogens (primary N) is 1. The fraction of sp³-hybridized carbons (Fsp3) is 0.214. The second-order valence-electron chi connectivity index (χ2n) is 4.68. The monoisotopic (exact) mass is 268 g/mol. The summed E-state index contributed by atoms with van der Waals surface area (Å²) in [4.78, 5) is 15.8. The first kappa shape index (κ1) is 10.9. The van der Waals surface area contributed by atoms with Gasteiger partial charge in [0.25, 0.3) is 0 Å². The quantitative estimate of drug-likeness (QED) is 0.737. The third kappa shape index (κ3) is 1.62. The lowest BCUT2D eigenvalue weighted by Gasteiger charge is -2.03. The van der Waals surface area contributed by atoms with Crippen LogP contribution in [0.25, 0.3) is 21.7 Å². The minimum absolute atomic E-state index is 0.588. The molecule has 2 N–H and O–H groups in total. The van der Waals surface area contributed by atoms with Crippen LogP contribution in [0.1, 0.15) is 16.9 Å².